The van der Waals surface area contributed by atoms with E-state index in [1.54, 1.807) is 0 Å². The van der Waals surface area contributed by atoms with Crippen molar-refractivity contribution in [2.45, 2.75) is 25.8 Å². The number of ether oxygens (including phenoxy) is 3. The van der Waals surface area contributed by atoms with E-state index in [9.17, 15) is 14.4 Å². The Morgan fingerprint density at radius 1 is 1.13 bits per heavy atom. The molecule has 2 aromatic rings. The van der Waals surface area contributed by atoms with E-state index >= 15 is 0 Å². The molecule has 0 bridgehead atoms. The number of carbonyl (C=O) groups is 2. The fourth-order valence-corrected chi connectivity index (χ4v) is 3.86. The van der Waals surface area contributed by atoms with E-state index < -0.39 is 37.2 Å². The van der Waals surface area contributed by atoms with Gasteiger partial charge >= 0.3 is 0 Å². The van der Waals surface area contributed by atoms with Crippen molar-refractivity contribution in [2.75, 3.05) is 28.2 Å². The van der Waals surface area contributed by atoms with Gasteiger partial charge in [-0.05, 0) is 47.7 Å². The predicted octanol–water partition coefficient (Wildman–Crippen LogP) is 2.22. The van der Waals surface area contributed by atoms with Crippen molar-refractivity contribution < 1.29 is 32.0 Å². The van der Waals surface area contributed by atoms with E-state index in [0.29, 0.717) is 22.3 Å². The fraction of sp³-hybridized carbons (Fsp3) is 0.348. The van der Waals surface area contributed by atoms with Crippen LogP contribution in [-0.2, 0) is 11.2 Å². The van der Waals surface area contributed by atoms with Crippen LogP contribution in [0.1, 0.15) is 49.1 Å². The zero-order valence-electron chi connectivity index (χ0n) is 23.3. The third-order valence-electron chi connectivity index (χ3n) is 5.18. The SMILES string of the molecule is [2H]C([2H])([2H])Oc1cc2c(c(OC)c1OC([2H])([2H])[2H])-c1ccc(C(=O)NC)c(=O)cc1[C@@H](NC(C)=O)CC2. The molecule has 2 amide bonds. The van der Waals surface area contributed by atoms with E-state index in [2.05, 4.69) is 10.6 Å². The number of carbonyl (C=O) groups excluding carboxylic acids is 2. The lowest BCUT2D eigenvalue weighted by molar-refractivity contribution is -0.119. The fourth-order valence-electron chi connectivity index (χ4n) is 3.86. The summed E-state index contributed by atoms with van der Waals surface area (Å²) in [5.74, 6) is -1.97. The van der Waals surface area contributed by atoms with Gasteiger partial charge in [0.05, 0.1) is 41.0 Å². The minimum atomic E-state index is -2.99. The van der Waals surface area contributed by atoms with E-state index in [-0.39, 0.29) is 35.8 Å². The van der Waals surface area contributed by atoms with Crippen LogP contribution in [0.15, 0.2) is 29.1 Å². The number of amides is 2. The molecule has 0 radical (unpaired) electrons. The van der Waals surface area contributed by atoms with Gasteiger partial charge in [-0.2, -0.15) is 0 Å². The number of hydrogen-bond donors (Lipinski definition) is 2. The molecule has 1 aliphatic rings. The molecule has 0 saturated carbocycles. The van der Waals surface area contributed by atoms with Crippen LogP contribution in [0.5, 0.6) is 17.2 Å². The standard InChI is InChI=1S/C23H26N2O6/c1-12(26)25-17-9-6-13-10-19(29-3)21(30-4)22(31-5)20(13)14-7-8-15(23(28)24-2)18(27)11-16(14)17/h7-8,10-11,17H,6,9H2,1-5H3,(H,24,28)(H,25,26)/t17-/m0/s1/i3D3,4D3. The molecule has 2 aromatic carbocycles. The summed E-state index contributed by atoms with van der Waals surface area (Å²) in [5.41, 5.74) is 0.755. The maximum Gasteiger partial charge on any atom is 0.254 e. The lowest BCUT2D eigenvalue weighted by atomic mass is 9.95. The van der Waals surface area contributed by atoms with Gasteiger partial charge in [0.15, 0.2) is 16.9 Å². The second kappa shape index (κ2) is 9.07. The number of methoxy groups -OCH3 is 3. The highest BCUT2D eigenvalue weighted by Crippen LogP contribution is 2.50. The molecule has 3 rings (SSSR count). The highest BCUT2D eigenvalue weighted by atomic mass is 16.5. The van der Waals surface area contributed by atoms with Gasteiger partial charge in [-0.3, -0.25) is 14.4 Å². The molecule has 0 heterocycles. The smallest absolute Gasteiger partial charge is 0.254 e. The molecule has 0 fully saturated rings. The molecule has 0 spiro atoms. The summed E-state index contributed by atoms with van der Waals surface area (Å²) >= 11 is 0. The van der Waals surface area contributed by atoms with Gasteiger partial charge in [0.25, 0.3) is 5.91 Å². The first kappa shape index (κ1) is 15.3. The summed E-state index contributed by atoms with van der Waals surface area (Å²) in [6.45, 7) is 1.32. The Balaban J connectivity index is 2.45. The Morgan fingerprint density at radius 2 is 1.90 bits per heavy atom. The molecular weight excluding hydrogens is 400 g/mol. The molecule has 31 heavy (non-hydrogen) atoms. The molecule has 0 saturated heterocycles. The summed E-state index contributed by atoms with van der Waals surface area (Å²) < 4.78 is 61.1. The van der Waals surface area contributed by atoms with Crippen molar-refractivity contribution >= 4 is 11.8 Å². The van der Waals surface area contributed by atoms with Gasteiger partial charge in [-0.25, -0.2) is 0 Å². The summed E-state index contributed by atoms with van der Waals surface area (Å²) in [6.07, 6.45) is 0.547. The molecular formula is C23H26N2O6. The van der Waals surface area contributed by atoms with E-state index in [4.69, 9.17) is 22.4 Å². The van der Waals surface area contributed by atoms with Crippen molar-refractivity contribution in [2.24, 2.45) is 0 Å². The average molecular weight is 433 g/mol. The third kappa shape index (κ3) is 4.05. The van der Waals surface area contributed by atoms with Crippen molar-refractivity contribution in [1.29, 1.82) is 0 Å². The number of aryl methyl sites for hydroxylation is 1. The Hall–Kier alpha value is -3.55. The number of nitrogens with one attached hydrogen (secondary N) is 2. The zero-order chi connectivity index (χ0) is 27.7. The van der Waals surface area contributed by atoms with Crippen LogP contribution in [0.4, 0.5) is 0 Å². The van der Waals surface area contributed by atoms with Crippen LogP contribution >= 0.6 is 0 Å². The van der Waals surface area contributed by atoms with Gasteiger partial charge < -0.3 is 24.8 Å². The normalized spacial score (nSPS) is 18.1. The number of hydrogen-bond acceptors (Lipinski definition) is 6. The van der Waals surface area contributed by atoms with Gasteiger partial charge in [0, 0.05) is 19.5 Å². The highest BCUT2D eigenvalue weighted by Gasteiger charge is 2.29. The summed E-state index contributed by atoms with van der Waals surface area (Å²) in [6, 6.07) is 4.73. The minimum Gasteiger partial charge on any atom is -0.493 e. The van der Waals surface area contributed by atoms with E-state index in [1.807, 2.05) is 0 Å². The Kier molecular flexibility index (Phi) is 4.47. The predicted molar refractivity (Wildman–Crippen MR) is 116 cm³/mol. The third-order valence-corrected chi connectivity index (χ3v) is 5.18. The Labute approximate surface area is 188 Å². The van der Waals surface area contributed by atoms with Gasteiger partial charge in [0.1, 0.15) is 0 Å². The minimum absolute atomic E-state index is 0.141. The zero-order valence-corrected chi connectivity index (χ0v) is 17.3. The Morgan fingerprint density at radius 3 is 2.55 bits per heavy atom. The molecule has 0 aliphatic heterocycles. The summed E-state index contributed by atoms with van der Waals surface area (Å²) in [5, 5.41) is 5.20. The van der Waals surface area contributed by atoms with Gasteiger partial charge in [-0.1, -0.05) is 6.07 Å². The average Bonchev–Trinajstić information content (AvgIpc) is 3.01. The molecule has 1 aliphatic carbocycles. The van der Waals surface area contributed by atoms with Crippen LogP contribution < -0.4 is 30.3 Å². The quantitative estimate of drug-likeness (QED) is 0.751. The second-order valence-electron chi connectivity index (χ2n) is 6.97. The monoisotopic (exact) mass is 432 g/mol. The van der Waals surface area contributed by atoms with Gasteiger partial charge in [0.2, 0.25) is 11.7 Å². The van der Waals surface area contributed by atoms with Crippen molar-refractivity contribution in [1.82, 2.24) is 10.6 Å². The molecule has 0 aromatic heterocycles. The lowest BCUT2D eigenvalue weighted by Gasteiger charge is -2.19. The number of benzene rings is 1. The molecule has 8 heteroatoms. The summed E-state index contributed by atoms with van der Waals surface area (Å²) in [7, 11) is -3.30. The van der Waals surface area contributed by atoms with Crippen molar-refractivity contribution in [3.8, 4) is 28.4 Å². The van der Waals surface area contributed by atoms with E-state index in [0.717, 1.165) is 0 Å². The van der Waals surface area contributed by atoms with Crippen LogP contribution in [-0.4, -0.2) is 40.0 Å². The van der Waals surface area contributed by atoms with Crippen LogP contribution in [0, 0.1) is 0 Å². The highest BCUT2D eigenvalue weighted by molar-refractivity contribution is 5.94. The number of fused-ring (bicyclic) bond motifs is 3. The first-order chi connectivity index (χ1) is 17.1. The molecule has 164 valence electrons. The van der Waals surface area contributed by atoms with Crippen molar-refractivity contribution in [3.05, 3.63) is 51.2 Å². The maximum atomic E-state index is 13.0. The maximum absolute atomic E-state index is 13.0. The van der Waals surface area contributed by atoms with Gasteiger partial charge in [-0.15, -0.1) is 0 Å². The second-order valence-corrected chi connectivity index (χ2v) is 6.97. The summed E-state index contributed by atoms with van der Waals surface area (Å²) in [4.78, 5) is 37.3. The van der Waals surface area contributed by atoms with Crippen LogP contribution in [0.2, 0.25) is 0 Å². The molecule has 0 unspecified atom stereocenters. The molecule has 1 atom stereocenters. The van der Waals surface area contributed by atoms with E-state index in [1.165, 1.54) is 45.3 Å². The first-order valence-electron chi connectivity index (χ1n) is 12.4. The van der Waals surface area contributed by atoms with Crippen LogP contribution in [0.3, 0.4) is 0 Å². The number of rotatable bonds is 5. The molecule has 8 nitrogen and oxygen atoms in total. The first-order valence-corrected chi connectivity index (χ1v) is 9.45. The topological polar surface area (TPSA) is 103 Å². The van der Waals surface area contributed by atoms with Crippen LogP contribution in [0.25, 0.3) is 11.1 Å². The van der Waals surface area contributed by atoms with Crippen molar-refractivity contribution in [3.63, 3.8) is 0 Å². The largest absolute Gasteiger partial charge is 0.493 e. The lowest BCUT2D eigenvalue weighted by Crippen LogP contribution is -2.27. The Bertz CT molecular complexity index is 1290. The molecule has 2 N–H and O–H groups in total.